The van der Waals surface area contributed by atoms with Crippen LogP contribution < -0.4 is 10.6 Å². The molecule has 0 amide bonds. The van der Waals surface area contributed by atoms with Crippen LogP contribution in [-0.2, 0) is 4.57 Å². The van der Waals surface area contributed by atoms with Gasteiger partial charge in [0.05, 0.1) is 0 Å². The molecule has 0 spiro atoms. The molecular weight excluding hydrogens is 479 g/mol. The molecule has 0 saturated carbocycles. The molecule has 0 aliphatic rings. The minimum Gasteiger partial charge on any atom is -0.338 e. The van der Waals surface area contributed by atoms with Crippen molar-refractivity contribution in [3.63, 3.8) is 0 Å². The van der Waals surface area contributed by atoms with E-state index in [0.717, 1.165) is 16.6 Å². The van der Waals surface area contributed by atoms with Gasteiger partial charge in [-0.1, -0.05) is 18.2 Å². The van der Waals surface area contributed by atoms with E-state index < -0.39 is 7.14 Å². The maximum atomic E-state index is 12.4. The van der Waals surface area contributed by atoms with Gasteiger partial charge in [-0.25, -0.2) is 15.0 Å². The Balaban J connectivity index is 1.61. The number of hydrogen-bond donors (Lipinski definition) is 1. The van der Waals surface area contributed by atoms with Crippen molar-refractivity contribution in [3.05, 3.63) is 89.4 Å². The maximum absolute atomic E-state index is 12.4. The second kappa shape index (κ2) is 9.75. The van der Waals surface area contributed by atoms with E-state index in [4.69, 9.17) is 9.97 Å². The average Bonchev–Trinajstić information content (AvgIpc) is 3.27. The zero-order chi connectivity index (χ0) is 26.2. The predicted molar refractivity (Wildman–Crippen MR) is 153 cm³/mol. The SMILES string of the molecule is Cc1ccnc(-c2nc(Nc3ccc(P(C)(C)=O)cc3)c3ncn(/C=C/c4c(C)cccc4C)c3n2)c1. The van der Waals surface area contributed by atoms with Crippen LogP contribution in [0.3, 0.4) is 0 Å². The van der Waals surface area contributed by atoms with Gasteiger partial charge in [0, 0.05) is 23.4 Å². The summed E-state index contributed by atoms with van der Waals surface area (Å²) in [4.78, 5) is 18.8. The minimum atomic E-state index is -2.33. The van der Waals surface area contributed by atoms with Crippen molar-refractivity contribution in [1.29, 1.82) is 0 Å². The molecular formula is C29H29N6OP. The number of fused-ring (bicyclic) bond motifs is 1. The first kappa shape index (κ1) is 24.6. The van der Waals surface area contributed by atoms with E-state index in [1.807, 2.05) is 54.1 Å². The third kappa shape index (κ3) is 5.23. The van der Waals surface area contributed by atoms with Gasteiger partial charge in [-0.3, -0.25) is 9.55 Å². The summed E-state index contributed by atoms with van der Waals surface area (Å²) in [5.74, 6) is 1.08. The van der Waals surface area contributed by atoms with Crippen molar-refractivity contribution in [2.75, 3.05) is 18.6 Å². The maximum Gasteiger partial charge on any atom is 0.182 e. The minimum absolute atomic E-state index is 0.504. The molecule has 3 aromatic heterocycles. The lowest BCUT2D eigenvalue weighted by Crippen LogP contribution is -2.04. The topological polar surface area (TPSA) is 85.6 Å². The van der Waals surface area contributed by atoms with Crippen LogP contribution in [0, 0.1) is 20.8 Å². The highest BCUT2D eigenvalue weighted by molar-refractivity contribution is 7.70. The van der Waals surface area contributed by atoms with Gasteiger partial charge in [0.15, 0.2) is 22.8 Å². The van der Waals surface area contributed by atoms with E-state index >= 15 is 0 Å². The highest BCUT2D eigenvalue weighted by Crippen LogP contribution is 2.35. The monoisotopic (exact) mass is 508 g/mol. The summed E-state index contributed by atoms with van der Waals surface area (Å²) in [6, 6.07) is 17.8. The van der Waals surface area contributed by atoms with Crippen LogP contribution in [0.2, 0.25) is 0 Å². The number of aryl methyl sites for hydroxylation is 3. The van der Waals surface area contributed by atoms with Crippen LogP contribution in [0.1, 0.15) is 22.3 Å². The number of nitrogens with one attached hydrogen (secondary N) is 1. The van der Waals surface area contributed by atoms with Crippen molar-refractivity contribution < 1.29 is 4.57 Å². The average molecular weight is 509 g/mol. The number of benzene rings is 2. The Labute approximate surface area is 216 Å². The molecule has 0 saturated heterocycles. The van der Waals surface area contributed by atoms with Crippen LogP contribution in [0.15, 0.2) is 67.1 Å². The number of aromatic nitrogens is 5. The smallest absolute Gasteiger partial charge is 0.182 e. The summed E-state index contributed by atoms with van der Waals surface area (Å²) in [7, 11) is -2.33. The number of nitrogens with zero attached hydrogens (tertiary/aromatic N) is 5. The molecule has 5 rings (SSSR count). The summed E-state index contributed by atoms with van der Waals surface area (Å²) < 4.78 is 14.3. The fourth-order valence-electron chi connectivity index (χ4n) is 4.17. The molecule has 2 aromatic carbocycles. The van der Waals surface area contributed by atoms with E-state index in [9.17, 15) is 4.57 Å². The predicted octanol–water partition coefficient (Wildman–Crippen LogP) is 6.43. The molecule has 7 nitrogen and oxygen atoms in total. The van der Waals surface area contributed by atoms with Crippen molar-refractivity contribution in [2.45, 2.75) is 20.8 Å². The second-order valence-corrected chi connectivity index (χ2v) is 12.8. The van der Waals surface area contributed by atoms with Crippen molar-refractivity contribution in [2.24, 2.45) is 0 Å². The number of pyridine rings is 1. The largest absolute Gasteiger partial charge is 0.338 e. The fraction of sp³-hybridized carbons (Fsp3) is 0.172. The molecule has 0 fully saturated rings. The molecule has 0 aliphatic heterocycles. The second-order valence-electron chi connectivity index (χ2n) is 9.58. The Bertz CT molecular complexity index is 1660. The first-order valence-electron chi connectivity index (χ1n) is 12.0. The molecule has 3 heterocycles. The first-order chi connectivity index (χ1) is 17.7. The summed E-state index contributed by atoms with van der Waals surface area (Å²) in [6.45, 7) is 9.76. The molecule has 0 radical (unpaired) electrons. The summed E-state index contributed by atoms with van der Waals surface area (Å²) >= 11 is 0. The van der Waals surface area contributed by atoms with Crippen molar-refractivity contribution in [1.82, 2.24) is 24.5 Å². The molecule has 0 aliphatic carbocycles. The molecule has 186 valence electrons. The quantitative estimate of drug-likeness (QED) is 0.266. The number of rotatable bonds is 6. The van der Waals surface area contributed by atoms with Crippen LogP contribution in [0.25, 0.3) is 35.0 Å². The van der Waals surface area contributed by atoms with Crippen LogP contribution >= 0.6 is 7.14 Å². The summed E-state index contributed by atoms with van der Waals surface area (Å²) in [5.41, 5.74) is 7.46. The van der Waals surface area contributed by atoms with E-state index in [1.54, 1.807) is 25.9 Å². The van der Waals surface area contributed by atoms with Crippen LogP contribution in [0.4, 0.5) is 11.5 Å². The summed E-state index contributed by atoms with van der Waals surface area (Å²) in [5, 5.41) is 4.22. The molecule has 1 N–H and O–H groups in total. The lowest BCUT2D eigenvalue weighted by Gasteiger charge is -2.11. The highest BCUT2D eigenvalue weighted by atomic mass is 31.2. The standard InChI is InChI=1S/C29H29N6OP/c1-19-13-15-30-25(17-19)27-33-28(32-22-9-11-23(12-10-22)37(4,5)36)26-29(34-27)35(18-31-26)16-14-24-20(2)7-6-8-21(24)3/h6-18H,1-5H3,(H,32,33,34)/b16-14+. The van der Waals surface area contributed by atoms with E-state index in [1.165, 1.54) is 16.7 Å². The summed E-state index contributed by atoms with van der Waals surface area (Å²) in [6.07, 6.45) is 7.56. The fourth-order valence-corrected chi connectivity index (χ4v) is 5.04. The van der Waals surface area contributed by atoms with Gasteiger partial charge >= 0.3 is 0 Å². The van der Waals surface area contributed by atoms with Gasteiger partial charge in [0.1, 0.15) is 19.2 Å². The lowest BCUT2D eigenvalue weighted by atomic mass is 10.0. The van der Waals surface area contributed by atoms with Gasteiger partial charge in [-0.2, -0.15) is 0 Å². The van der Waals surface area contributed by atoms with Crippen molar-refractivity contribution in [3.8, 4) is 11.5 Å². The zero-order valence-electron chi connectivity index (χ0n) is 21.6. The molecule has 0 atom stereocenters. The molecule has 5 aromatic rings. The Hall–Kier alpha value is -4.09. The Morgan fingerprint density at radius 2 is 1.65 bits per heavy atom. The van der Waals surface area contributed by atoms with Crippen LogP contribution in [0.5, 0.6) is 0 Å². The van der Waals surface area contributed by atoms with E-state index in [2.05, 4.69) is 53.4 Å². The lowest BCUT2D eigenvalue weighted by molar-refractivity contribution is 0.588. The van der Waals surface area contributed by atoms with E-state index in [0.29, 0.717) is 28.5 Å². The Morgan fingerprint density at radius 3 is 2.32 bits per heavy atom. The number of imidazole rings is 1. The van der Waals surface area contributed by atoms with Gasteiger partial charge in [-0.15, -0.1) is 0 Å². The molecule has 0 bridgehead atoms. The zero-order valence-corrected chi connectivity index (χ0v) is 22.5. The van der Waals surface area contributed by atoms with Crippen molar-refractivity contribution >= 4 is 47.4 Å². The van der Waals surface area contributed by atoms with Crippen LogP contribution in [-0.4, -0.2) is 37.8 Å². The number of hydrogen-bond acceptors (Lipinski definition) is 6. The number of anilines is 2. The Morgan fingerprint density at radius 1 is 0.919 bits per heavy atom. The first-order valence-corrected chi connectivity index (χ1v) is 14.6. The van der Waals surface area contributed by atoms with Gasteiger partial charge < -0.3 is 9.88 Å². The normalized spacial score (nSPS) is 11.9. The van der Waals surface area contributed by atoms with Gasteiger partial charge in [0.2, 0.25) is 0 Å². The molecule has 8 heteroatoms. The third-order valence-electron chi connectivity index (χ3n) is 6.26. The highest BCUT2D eigenvalue weighted by Gasteiger charge is 2.16. The molecule has 0 unspecified atom stereocenters. The van der Waals surface area contributed by atoms with Gasteiger partial charge in [-0.05, 0) is 98.8 Å². The van der Waals surface area contributed by atoms with E-state index in [-0.39, 0.29) is 0 Å². The Kier molecular flexibility index (Phi) is 6.48. The molecule has 37 heavy (non-hydrogen) atoms. The third-order valence-corrected chi connectivity index (χ3v) is 7.80. The van der Waals surface area contributed by atoms with Gasteiger partial charge in [0.25, 0.3) is 0 Å².